The van der Waals surface area contributed by atoms with E-state index in [0.29, 0.717) is 11.8 Å². The third-order valence-electron chi connectivity index (χ3n) is 7.60. The summed E-state index contributed by atoms with van der Waals surface area (Å²) in [4.78, 5) is 31.2. The summed E-state index contributed by atoms with van der Waals surface area (Å²) in [6.07, 6.45) is 11.5. The van der Waals surface area contributed by atoms with Gasteiger partial charge in [0.2, 0.25) is 11.9 Å². The highest BCUT2D eigenvalue weighted by atomic mass is 16.2. The second-order valence-corrected chi connectivity index (χ2v) is 9.88. The standard InChI is InChI=1S/C27H33N5O/c1-27(11-18-32(19-12-27)26-29-14-5-15-30-26)25(33)31-16-4-6-21(10-17-31)20-22-7-2-9-24-23(22)8-3-13-28-24/h2-3,5,7-9,13-15,21H,4,6,10-12,16-20H2,1H3/t21-/m1/s1. The Labute approximate surface area is 196 Å². The topological polar surface area (TPSA) is 62.2 Å². The molecule has 2 aliphatic rings. The van der Waals surface area contributed by atoms with Crippen LogP contribution in [0.4, 0.5) is 5.95 Å². The van der Waals surface area contributed by atoms with Gasteiger partial charge in [0.15, 0.2) is 0 Å². The molecule has 0 bridgehead atoms. The summed E-state index contributed by atoms with van der Waals surface area (Å²) in [6.45, 7) is 5.57. The summed E-state index contributed by atoms with van der Waals surface area (Å²) >= 11 is 0. The van der Waals surface area contributed by atoms with Crippen molar-refractivity contribution in [1.29, 1.82) is 0 Å². The molecule has 4 heterocycles. The summed E-state index contributed by atoms with van der Waals surface area (Å²) in [5.74, 6) is 1.72. The molecule has 5 rings (SSSR count). The van der Waals surface area contributed by atoms with Gasteiger partial charge in [-0.1, -0.05) is 25.1 Å². The van der Waals surface area contributed by atoms with Gasteiger partial charge in [-0.3, -0.25) is 9.78 Å². The van der Waals surface area contributed by atoms with Crippen LogP contribution in [0.1, 0.15) is 44.6 Å². The van der Waals surface area contributed by atoms with Gasteiger partial charge < -0.3 is 9.80 Å². The zero-order chi connectivity index (χ0) is 22.7. The highest BCUT2D eigenvalue weighted by Crippen LogP contribution is 2.35. The average molecular weight is 444 g/mol. The zero-order valence-corrected chi connectivity index (χ0v) is 19.5. The SMILES string of the molecule is CC1(C(=O)N2CCC[C@@H](Cc3cccc4ncccc34)CC2)CCN(c2ncccn2)CC1. The molecule has 0 radical (unpaired) electrons. The summed E-state index contributed by atoms with van der Waals surface area (Å²) < 4.78 is 0. The smallest absolute Gasteiger partial charge is 0.228 e. The van der Waals surface area contributed by atoms with Crippen molar-refractivity contribution in [2.45, 2.75) is 45.4 Å². The molecule has 172 valence electrons. The number of rotatable bonds is 4. The van der Waals surface area contributed by atoms with Crippen LogP contribution in [0.5, 0.6) is 0 Å². The van der Waals surface area contributed by atoms with Crippen molar-refractivity contribution in [3.8, 4) is 0 Å². The Morgan fingerprint density at radius 2 is 1.73 bits per heavy atom. The van der Waals surface area contributed by atoms with E-state index in [1.54, 1.807) is 12.4 Å². The van der Waals surface area contributed by atoms with Crippen LogP contribution in [0.15, 0.2) is 55.0 Å². The van der Waals surface area contributed by atoms with Crippen LogP contribution in [0.25, 0.3) is 10.9 Å². The molecule has 3 aromatic rings. The largest absolute Gasteiger partial charge is 0.342 e. The minimum atomic E-state index is -0.285. The summed E-state index contributed by atoms with van der Waals surface area (Å²) in [5.41, 5.74) is 2.17. The van der Waals surface area contributed by atoms with Crippen LogP contribution in [0.3, 0.4) is 0 Å². The Morgan fingerprint density at radius 1 is 0.939 bits per heavy atom. The molecule has 1 atom stereocenters. The number of amides is 1. The maximum atomic E-state index is 13.6. The van der Waals surface area contributed by atoms with Crippen LogP contribution in [0.2, 0.25) is 0 Å². The van der Waals surface area contributed by atoms with E-state index >= 15 is 0 Å². The van der Waals surface area contributed by atoms with E-state index in [2.05, 4.69) is 55.9 Å². The van der Waals surface area contributed by atoms with E-state index in [9.17, 15) is 4.79 Å². The predicted molar refractivity (Wildman–Crippen MR) is 131 cm³/mol. The fourth-order valence-electron chi connectivity index (χ4n) is 5.48. The number of likely N-dealkylation sites (tertiary alicyclic amines) is 1. The first-order valence-electron chi connectivity index (χ1n) is 12.3. The van der Waals surface area contributed by atoms with E-state index in [0.717, 1.165) is 69.7 Å². The fraction of sp³-hybridized carbons (Fsp3) is 0.481. The number of nitrogens with zero attached hydrogens (tertiary/aromatic N) is 5. The molecule has 2 aromatic heterocycles. The highest BCUT2D eigenvalue weighted by molar-refractivity contribution is 5.83. The predicted octanol–water partition coefficient (Wildman–Crippen LogP) is 4.50. The molecule has 6 nitrogen and oxygen atoms in total. The minimum absolute atomic E-state index is 0.285. The number of carbonyl (C=O) groups excluding carboxylic acids is 1. The zero-order valence-electron chi connectivity index (χ0n) is 19.5. The summed E-state index contributed by atoms with van der Waals surface area (Å²) in [6, 6.07) is 12.5. The molecule has 2 aliphatic heterocycles. The van der Waals surface area contributed by atoms with Crippen LogP contribution in [0, 0.1) is 11.3 Å². The molecule has 0 unspecified atom stereocenters. The van der Waals surface area contributed by atoms with Gasteiger partial charge in [0, 0.05) is 55.6 Å². The van der Waals surface area contributed by atoms with Gasteiger partial charge >= 0.3 is 0 Å². The normalized spacial score (nSPS) is 21.1. The van der Waals surface area contributed by atoms with Crippen molar-refractivity contribution in [1.82, 2.24) is 19.9 Å². The Hall–Kier alpha value is -3.02. The monoisotopic (exact) mass is 443 g/mol. The van der Waals surface area contributed by atoms with Crippen molar-refractivity contribution in [2.24, 2.45) is 11.3 Å². The Bertz CT molecular complexity index is 1090. The lowest BCUT2D eigenvalue weighted by atomic mass is 9.79. The highest BCUT2D eigenvalue weighted by Gasteiger charge is 2.40. The van der Waals surface area contributed by atoms with Gasteiger partial charge in [-0.15, -0.1) is 0 Å². The lowest BCUT2D eigenvalue weighted by Gasteiger charge is -2.41. The molecule has 2 fully saturated rings. The maximum Gasteiger partial charge on any atom is 0.228 e. The summed E-state index contributed by atoms with van der Waals surface area (Å²) in [7, 11) is 0. The molecule has 0 spiro atoms. The van der Waals surface area contributed by atoms with Crippen LogP contribution >= 0.6 is 0 Å². The van der Waals surface area contributed by atoms with Crippen molar-refractivity contribution >= 4 is 22.8 Å². The minimum Gasteiger partial charge on any atom is -0.342 e. The Kier molecular flexibility index (Phi) is 6.25. The lowest BCUT2D eigenvalue weighted by Crippen LogP contribution is -2.49. The van der Waals surface area contributed by atoms with Crippen LogP contribution in [-0.2, 0) is 11.2 Å². The number of fused-ring (bicyclic) bond motifs is 1. The van der Waals surface area contributed by atoms with Crippen molar-refractivity contribution in [3.05, 3.63) is 60.6 Å². The Balaban J connectivity index is 1.20. The van der Waals surface area contributed by atoms with Crippen LogP contribution < -0.4 is 4.90 Å². The molecule has 0 saturated carbocycles. The van der Waals surface area contributed by atoms with Crippen LogP contribution in [-0.4, -0.2) is 51.9 Å². The average Bonchev–Trinajstić information content (AvgIpc) is 3.10. The molecule has 1 aromatic carbocycles. The number of anilines is 1. The molecular formula is C27H33N5O. The maximum absolute atomic E-state index is 13.6. The molecule has 1 amide bonds. The number of pyridine rings is 1. The number of benzene rings is 1. The van der Waals surface area contributed by atoms with Crippen molar-refractivity contribution < 1.29 is 4.79 Å². The number of piperidine rings is 1. The molecule has 0 aliphatic carbocycles. The fourth-order valence-corrected chi connectivity index (χ4v) is 5.48. The van der Waals surface area contributed by atoms with Gasteiger partial charge in [0.25, 0.3) is 0 Å². The molecule has 33 heavy (non-hydrogen) atoms. The van der Waals surface area contributed by atoms with E-state index in [4.69, 9.17) is 0 Å². The number of hydrogen-bond donors (Lipinski definition) is 0. The van der Waals surface area contributed by atoms with E-state index in [-0.39, 0.29) is 5.41 Å². The second kappa shape index (κ2) is 9.46. The van der Waals surface area contributed by atoms with Gasteiger partial charge in [0.05, 0.1) is 5.52 Å². The van der Waals surface area contributed by atoms with E-state index < -0.39 is 0 Å². The van der Waals surface area contributed by atoms with E-state index in [1.165, 1.54) is 17.4 Å². The van der Waals surface area contributed by atoms with Gasteiger partial charge in [0.1, 0.15) is 0 Å². The molecule has 2 saturated heterocycles. The number of aromatic nitrogens is 3. The third-order valence-corrected chi connectivity index (χ3v) is 7.60. The van der Waals surface area contributed by atoms with Gasteiger partial charge in [-0.05, 0) is 68.2 Å². The molecule has 6 heteroatoms. The quantitative estimate of drug-likeness (QED) is 0.594. The number of hydrogen-bond acceptors (Lipinski definition) is 5. The Morgan fingerprint density at radius 3 is 2.55 bits per heavy atom. The first-order chi connectivity index (χ1) is 16.1. The van der Waals surface area contributed by atoms with Crippen molar-refractivity contribution in [2.75, 3.05) is 31.1 Å². The van der Waals surface area contributed by atoms with Gasteiger partial charge in [-0.25, -0.2) is 9.97 Å². The van der Waals surface area contributed by atoms with Crippen molar-refractivity contribution in [3.63, 3.8) is 0 Å². The van der Waals surface area contributed by atoms with E-state index in [1.807, 2.05) is 18.3 Å². The third kappa shape index (κ3) is 4.70. The summed E-state index contributed by atoms with van der Waals surface area (Å²) in [5, 5.41) is 1.26. The number of carbonyl (C=O) groups is 1. The lowest BCUT2D eigenvalue weighted by molar-refractivity contribution is -0.142. The first kappa shape index (κ1) is 21.8. The molecule has 0 N–H and O–H groups in total. The first-order valence-corrected chi connectivity index (χ1v) is 12.3. The molecular weight excluding hydrogens is 410 g/mol. The second-order valence-electron chi connectivity index (χ2n) is 9.88. The van der Waals surface area contributed by atoms with Gasteiger partial charge in [-0.2, -0.15) is 0 Å².